The van der Waals surface area contributed by atoms with Gasteiger partial charge in [-0.3, -0.25) is 4.98 Å². The standard InChI is InChI=1S/C12H15N3O2/c1-2-16-7-5-10-11(12(13)15-17-10)9-4-3-6-14-8-9/h3-4,6,8H,2,5,7H2,1H3,(H2,13,15). The number of nitrogens with zero attached hydrogens (tertiary/aromatic N) is 2. The molecule has 0 spiro atoms. The van der Waals surface area contributed by atoms with Crippen LogP contribution in [0, 0.1) is 0 Å². The summed E-state index contributed by atoms with van der Waals surface area (Å²) in [4.78, 5) is 4.06. The Balaban J connectivity index is 2.24. The summed E-state index contributed by atoms with van der Waals surface area (Å²) < 4.78 is 10.5. The van der Waals surface area contributed by atoms with Crippen LogP contribution in [0.4, 0.5) is 5.82 Å². The number of hydrogen-bond acceptors (Lipinski definition) is 5. The average Bonchev–Trinajstić information content (AvgIpc) is 2.72. The molecule has 0 unspecified atom stereocenters. The van der Waals surface area contributed by atoms with Crippen LogP contribution in [0.5, 0.6) is 0 Å². The van der Waals surface area contributed by atoms with Gasteiger partial charge in [0.15, 0.2) is 5.82 Å². The predicted octanol–water partition coefficient (Wildman–Crippen LogP) is 1.90. The van der Waals surface area contributed by atoms with Crippen molar-refractivity contribution in [3.05, 3.63) is 30.3 Å². The third-order valence-corrected chi connectivity index (χ3v) is 2.42. The van der Waals surface area contributed by atoms with Crippen molar-refractivity contribution in [3.63, 3.8) is 0 Å². The van der Waals surface area contributed by atoms with Gasteiger partial charge in [0, 0.05) is 31.0 Å². The Bertz CT molecular complexity index is 468. The van der Waals surface area contributed by atoms with Gasteiger partial charge in [0.1, 0.15) is 5.76 Å². The summed E-state index contributed by atoms with van der Waals surface area (Å²) in [5, 5.41) is 3.79. The minimum Gasteiger partial charge on any atom is -0.381 e. The second-order valence-electron chi connectivity index (χ2n) is 3.55. The van der Waals surface area contributed by atoms with E-state index in [-0.39, 0.29) is 0 Å². The molecule has 5 nitrogen and oxygen atoms in total. The molecule has 0 bridgehead atoms. The number of aromatic nitrogens is 2. The molecule has 2 N–H and O–H groups in total. The molecule has 0 fully saturated rings. The van der Waals surface area contributed by atoms with Crippen molar-refractivity contribution in [2.45, 2.75) is 13.3 Å². The van der Waals surface area contributed by atoms with Gasteiger partial charge in [-0.05, 0) is 13.0 Å². The van der Waals surface area contributed by atoms with Gasteiger partial charge in [0.25, 0.3) is 0 Å². The summed E-state index contributed by atoms with van der Waals surface area (Å²) in [6.07, 6.45) is 4.11. The van der Waals surface area contributed by atoms with Gasteiger partial charge in [-0.15, -0.1) is 0 Å². The summed E-state index contributed by atoms with van der Waals surface area (Å²) in [6.45, 7) is 3.24. The fourth-order valence-corrected chi connectivity index (χ4v) is 1.64. The molecule has 5 heteroatoms. The molecule has 0 aromatic carbocycles. The maximum absolute atomic E-state index is 5.80. The van der Waals surface area contributed by atoms with Crippen molar-refractivity contribution >= 4 is 5.82 Å². The molecule has 2 heterocycles. The highest BCUT2D eigenvalue weighted by molar-refractivity contribution is 5.74. The van der Waals surface area contributed by atoms with Crippen LogP contribution in [0.1, 0.15) is 12.7 Å². The summed E-state index contributed by atoms with van der Waals surface area (Å²) in [6, 6.07) is 3.79. The van der Waals surface area contributed by atoms with Gasteiger partial charge >= 0.3 is 0 Å². The van der Waals surface area contributed by atoms with Crippen LogP contribution in [0.3, 0.4) is 0 Å². The van der Waals surface area contributed by atoms with E-state index < -0.39 is 0 Å². The topological polar surface area (TPSA) is 74.2 Å². The zero-order valence-corrected chi connectivity index (χ0v) is 9.72. The smallest absolute Gasteiger partial charge is 0.175 e. The first-order valence-electron chi connectivity index (χ1n) is 5.55. The number of pyridine rings is 1. The molecule has 0 aliphatic rings. The van der Waals surface area contributed by atoms with Crippen LogP contribution in [0.2, 0.25) is 0 Å². The summed E-state index contributed by atoms with van der Waals surface area (Å²) >= 11 is 0. The van der Waals surface area contributed by atoms with Gasteiger partial charge in [0.2, 0.25) is 0 Å². The second-order valence-corrected chi connectivity index (χ2v) is 3.55. The van der Waals surface area contributed by atoms with E-state index in [9.17, 15) is 0 Å². The average molecular weight is 233 g/mol. The molecule has 2 rings (SSSR count). The molecular weight excluding hydrogens is 218 g/mol. The molecule has 0 amide bonds. The molecule has 0 atom stereocenters. The number of rotatable bonds is 5. The Morgan fingerprint density at radius 1 is 1.47 bits per heavy atom. The van der Waals surface area contributed by atoms with E-state index in [1.165, 1.54) is 0 Å². The van der Waals surface area contributed by atoms with Crippen LogP contribution in [0.25, 0.3) is 11.1 Å². The van der Waals surface area contributed by atoms with Gasteiger partial charge in [-0.2, -0.15) is 0 Å². The van der Waals surface area contributed by atoms with Crippen molar-refractivity contribution in [2.24, 2.45) is 0 Å². The summed E-state index contributed by atoms with van der Waals surface area (Å²) in [5.74, 6) is 1.13. The Kier molecular flexibility index (Phi) is 3.72. The molecule has 2 aromatic rings. The lowest BCUT2D eigenvalue weighted by Gasteiger charge is -2.02. The van der Waals surface area contributed by atoms with E-state index in [4.69, 9.17) is 15.0 Å². The highest BCUT2D eigenvalue weighted by atomic mass is 16.5. The van der Waals surface area contributed by atoms with E-state index >= 15 is 0 Å². The Morgan fingerprint density at radius 2 is 2.35 bits per heavy atom. The van der Waals surface area contributed by atoms with E-state index in [0.717, 1.165) is 16.9 Å². The van der Waals surface area contributed by atoms with Crippen molar-refractivity contribution in [3.8, 4) is 11.1 Å². The fourth-order valence-electron chi connectivity index (χ4n) is 1.64. The van der Waals surface area contributed by atoms with E-state index in [1.807, 2.05) is 19.1 Å². The van der Waals surface area contributed by atoms with Gasteiger partial charge in [-0.25, -0.2) is 0 Å². The maximum atomic E-state index is 5.80. The van der Waals surface area contributed by atoms with Crippen molar-refractivity contribution in [1.82, 2.24) is 10.1 Å². The van der Waals surface area contributed by atoms with Gasteiger partial charge in [0.05, 0.1) is 12.2 Å². The van der Waals surface area contributed by atoms with Crippen molar-refractivity contribution in [1.29, 1.82) is 0 Å². The maximum Gasteiger partial charge on any atom is 0.175 e. The molecule has 17 heavy (non-hydrogen) atoms. The third kappa shape index (κ3) is 2.62. The number of ether oxygens (including phenoxy) is 1. The fraction of sp³-hybridized carbons (Fsp3) is 0.333. The molecule has 0 aliphatic carbocycles. The number of nitrogens with two attached hydrogens (primary N) is 1. The molecule has 0 saturated carbocycles. The van der Waals surface area contributed by atoms with Crippen molar-refractivity contribution < 1.29 is 9.26 Å². The highest BCUT2D eigenvalue weighted by Crippen LogP contribution is 2.29. The van der Waals surface area contributed by atoms with Gasteiger partial charge in [-0.1, -0.05) is 11.2 Å². The molecule has 90 valence electrons. The molecule has 0 aliphatic heterocycles. The predicted molar refractivity (Wildman–Crippen MR) is 64.3 cm³/mol. The highest BCUT2D eigenvalue weighted by Gasteiger charge is 2.15. The molecular formula is C12H15N3O2. The Morgan fingerprint density at radius 3 is 3.06 bits per heavy atom. The van der Waals surface area contributed by atoms with Crippen LogP contribution in [-0.2, 0) is 11.2 Å². The van der Waals surface area contributed by atoms with Crippen LogP contribution in [-0.4, -0.2) is 23.4 Å². The van der Waals surface area contributed by atoms with E-state index in [2.05, 4.69) is 10.1 Å². The summed E-state index contributed by atoms with van der Waals surface area (Å²) in [5.41, 5.74) is 7.54. The molecule has 0 radical (unpaired) electrons. The molecule has 2 aromatic heterocycles. The lowest BCUT2D eigenvalue weighted by molar-refractivity contribution is 0.145. The quantitative estimate of drug-likeness (QED) is 0.798. The molecule has 0 saturated heterocycles. The summed E-state index contributed by atoms with van der Waals surface area (Å²) in [7, 11) is 0. The minimum atomic E-state index is 0.393. The van der Waals surface area contributed by atoms with Crippen LogP contribution < -0.4 is 5.73 Å². The number of hydrogen-bond donors (Lipinski definition) is 1. The monoisotopic (exact) mass is 233 g/mol. The van der Waals surface area contributed by atoms with E-state index in [0.29, 0.717) is 25.5 Å². The first kappa shape index (κ1) is 11.6. The Hall–Kier alpha value is -1.88. The minimum absolute atomic E-state index is 0.393. The first-order chi connectivity index (χ1) is 8.33. The zero-order valence-electron chi connectivity index (χ0n) is 9.72. The lowest BCUT2D eigenvalue weighted by Crippen LogP contribution is -1.98. The largest absolute Gasteiger partial charge is 0.381 e. The van der Waals surface area contributed by atoms with Crippen LogP contribution in [0.15, 0.2) is 29.0 Å². The SMILES string of the molecule is CCOCCc1onc(N)c1-c1cccnc1. The number of nitrogen functional groups attached to an aromatic ring is 1. The Labute approximate surface area is 99.6 Å². The first-order valence-corrected chi connectivity index (χ1v) is 5.55. The third-order valence-electron chi connectivity index (χ3n) is 2.42. The number of anilines is 1. The second kappa shape index (κ2) is 5.45. The van der Waals surface area contributed by atoms with Crippen molar-refractivity contribution in [2.75, 3.05) is 18.9 Å². The van der Waals surface area contributed by atoms with Gasteiger partial charge < -0.3 is 15.0 Å². The zero-order chi connectivity index (χ0) is 12.1. The van der Waals surface area contributed by atoms with Crippen LogP contribution >= 0.6 is 0 Å². The normalized spacial score (nSPS) is 10.6. The lowest BCUT2D eigenvalue weighted by atomic mass is 10.1. The van der Waals surface area contributed by atoms with E-state index in [1.54, 1.807) is 12.4 Å².